The molecule has 19 heavy (non-hydrogen) atoms. The summed E-state index contributed by atoms with van der Waals surface area (Å²) in [5, 5.41) is 10.4. The number of nitrogens with one attached hydrogen (secondary N) is 2. The van der Waals surface area contributed by atoms with Gasteiger partial charge in [0.1, 0.15) is 6.04 Å². The number of hydrogen-bond donors (Lipinski definition) is 2. The smallest absolute Gasteiger partial charge is 0.242 e. The average Bonchev–Trinajstić information content (AvgIpc) is 2.76. The molecule has 2 N–H and O–H groups in total. The van der Waals surface area contributed by atoms with E-state index in [0.717, 1.165) is 18.4 Å². The molecule has 5 nitrogen and oxygen atoms in total. The van der Waals surface area contributed by atoms with E-state index in [-0.39, 0.29) is 11.9 Å². The molecule has 1 aliphatic rings. The van der Waals surface area contributed by atoms with Crippen LogP contribution in [0.25, 0.3) is 0 Å². The average molecular weight is 264 g/mol. The van der Waals surface area contributed by atoms with Gasteiger partial charge in [0.15, 0.2) is 0 Å². The van der Waals surface area contributed by atoms with Crippen LogP contribution in [0.2, 0.25) is 0 Å². The Morgan fingerprint density at radius 3 is 2.89 bits per heavy atom. The molecule has 1 fully saturated rings. The number of hydrogen-bond acceptors (Lipinski definition) is 3. The van der Waals surface area contributed by atoms with Crippen LogP contribution in [0.1, 0.15) is 44.2 Å². The Bertz CT molecular complexity index is 429. The van der Waals surface area contributed by atoms with E-state index < -0.39 is 0 Å². The van der Waals surface area contributed by atoms with Crippen LogP contribution in [-0.2, 0) is 11.8 Å². The van der Waals surface area contributed by atoms with Crippen LogP contribution >= 0.6 is 0 Å². The van der Waals surface area contributed by atoms with Crippen LogP contribution in [0.5, 0.6) is 0 Å². The molecule has 0 radical (unpaired) electrons. The summed E-state index contributed by atoms with van der Waals surface area (Å²) in [7, 11) is 3.66. The molecule has 0 aliphatic heterocycles. The molecule has 0 saturated heterocycles. The third-order valence-corrected chi connectivity index (χ3v) is 3.89. The van der Waals surface area contributed by atoms with Crippen molar-refractivity contribution in [2.24, 2.45) is 13.0 Å². The molecule has 106 valence electrons. The molecule has 3 atom stereocenters. The topological polar surface area (TPSA) is 59.0 Å². The summed E-state index contributed by atoms with van der Waals surface area (Å²) in [6.07, 6.45) is 8.30. The van der Waals surface area contributed by atoms with Gasteiger partial charge in [-0.3, -0.25) is 9.48 Å². The first kappa shape index (κ1) is 14.1. The van der Waals surface area contributed by atoms with Gasteiger partial charge in [-0.2, -0.15) is 5.10 Å². The molecule has 2 rings (SSSR count). The standard InChI is InChI=1S/C14H24N4O/c1-10-5-4-6-12(7-10)17-14(19)13(15-2)11-8-16-18(3)9-11/h8-10,12-13,15H,4-7H2,1-3H3,(H,17,19). The Labute approximate surface area is 114 Å². The minimum Gasteiger partial charge on any atom is -0.352 e. The van der Waals surface area contributed by atoms with Crippen molar-refractivity contribution in [1.82, 2.24) is 20.4 Å². The quantitative estimate of drug-likeness (QED) is 0.863. The zero-order valence-corrected chi connectivity index (χ0v) is 12.0. The first-order chi connectivity index (χ1) is 9.10. The van der Waals surface area contributed by atoms with Gasteiger partial charge in [0.05, 0.1) is 6.20 Å². The van der Waals surface area contributed by atoms with Crippen molar-refractivity contribution in [3.63, 3.8) is 0 Å². The second-order valence-corrected chi connectivity index (χ2v) is 5.65. The zero-order chi connectivity index (χ0) is 13.8. The molecule has 1 heterocycles. The number of carbonyl (C=O) groups is 1. The summed E-state index contributed by atoms with van der Waals surface area (Å²) in [6, 6.07) is 0.00899. The lowest BCUT2D eigenvalue weighted by molar-refractivity contribution is -0.124. The van der Waals surface area contributed by atoms with Gasteiger partial charge in [-0.05, 0) is 25.8 Å². The van der Waals surface area contributed by atoms with E-state index in [0.29, 0.717) is 12.0 Å². The number of nitrogens with zero attached hydrogens (tertiary/aromatic N) is 2. The van der Waals surface area contributed by atoms with Crippen LogP contribution in [0.3, 0.4) is 0 Å². The van der Waals surface area contributed by atoms with E-state index in [4.69, 9.17) is 0 Å². The normalized spacial score (nSPS) is 25.0. The predicted octanol–water partition coefficient (Wildman–Crippen LogP) is 1.38. The molecule has 0 aromatic carbocycles. The highest BCUT2D eigenvalue weighted by Crippen LogP contribution is 2.24. The molecule has 3 unspecified atom stereocenters. The fourth-order valence-corrected chi connectivity index (χ4v) is 2.89. The van der Waals surface area contributed by atoms with Crippen molar-refractivity contribution >= 4 is 5.91 Å². The van der Waals surface area contributed by atoms with Crippen molar-refractivity contribution in [2.75, 3.05) is 7.05 Å². The van der Waals surface area contributed by atoms with E-state index in [2.05, 4.69) is 22.7 Å². The minimum absolute atomic E-state index is 0.0506. The number of rotatable bonds is 4. The van der Waals surface area contributed by atoms with Crippen molar-refractivity contribution in [3.8, 4) is 0 Å². The van der Waals surface area contributed by atoms with Crippen molar-refractivity contribution < 1.29 is 4.79 Å². The number of likely N-dealkylation sites (N-methyl/N-ethyl adjacent to an activating group) is 1. The largest absolute Gasteiger partial charge is 0.352 e. The Kier molecular flexibility index (Phi) is 4.58. The maximum Gasteiger partial charge on any atom is 0.242 e. The number of amides is 1. The molecular weight excluding hydrogens is 240 g/mol. The lowest BCUT2D eigenvalue weighted by atomic mass is 9.87. The first-order valence-electron chi connectivity index (χ1n) is 7.06. The van der Waals surface area contributed by atoms with Gasteiger partial charge in [-0.25, -0.2) is 0 Å². The highest BCUT2D eigenvalue weighted by molar-refractivity contribution is 5.83. The molecular formula is C14H24N4O. The van der Waals surface area contributed by atoms with E-state index >= 15 is 0 Å². The van der Waals surface area contributed by atoms with E-state index in [1.54, 1.807) is 17.9 Å². The highest BCUT2D eigenvalue weighted by Gasteiger charge is 2.25. The van der Waals surface area contributed by atoms with Gasteiger partial charge in [-0.15, -0.1) is 0 Å². The Hall–Kier alpha value is -1.36. The van der Waals surface area contributed by atoms with Crippen molar-refractivity contribution in [1.29, 1.82) is 0 Å². The second kappa shape index (κ2) is 6.19. The predicted molar refractivity (Wildman–Crippen MR) is 74.6 cm³/mol. The van der Waals surface area contributed by atoms with Gasteiger partial charge in [0.2, 0.25) is 5.91 Å². The van der Waals surface area contributed by atoms with Crippen LogP contribution in [-0.4, -0.2) is 28.8 Å². The summed E-state index contributed by atoms with van der Waals surface area (Å²) in [4.78, 5) is 12.3. The first-order valence-corrected chi connectivity index (χ1v) is 7.06. The fourth-order valence-electron chi connectivity index (χ4n) is 2.89. The Morgan fingerprint density at radius 2 is 2.32 bits per heavy atom. The van der Waals surface area contributed by atoms with Crippen LogP contribution < -0.4 is 10.6 Å². The number of aromatic nitrogens is 2. The van der Waals surface area contributed by atoms with Crippen LogP contribution in [0.4, 0.5) is 0 Å². The number of aryl methyl sites for hydroxylation is 1. The summed E-state index contributed by atoms with van der Waals surface area (Å²) in [6.45, 7) is 2.26. The molecule has 5 heteroatoms. The molecule has 0 bridgehead atoms. The zero-order valence-electron chi connectivity index (χ0n) is 12.0. The van der Waals surface area contributed by atoms with Gasteiger partial charge in [0, 0.05) is 24.8 Å². The fraction of sp³-hybridized carbons (Fsp3) is 0.714. The third-order valence-electron chi connectivity index (χ3n) is 3.89. The maximum atomic E-state index is 12.3. The monoisotopic (exact) mass is 264 g/mol. The minimum atomic E-state index is -0.314. The van der Waals surface area contributed by atoms with Gasteiger partial charge < -0.3 is 10.6 Å². The van der Waals surface area contributed by atoms with E-state index in [9.17, 15) is 4.79 Å². The van der Waals surface area contributed by atoms with Crippen molar-refractivity contribution in [2.45, 2.75) is 44.7 Å². The van der Waals surface area contributed by atoms with Crippen LogP contribution in [0.15, 0.2) is 12.4 Å². The summed E-state index contributed by atoms with van der Waals surface area (Å²) >= 11 is 0. The molecule has 0 spiro atoms. The molecule has 1 aromatic rings. The lowest BCUT2D eigenvalue weighted by Crippen LogP contribution is -2.43. The van der Waals surface area contributed by atoms with E-state index in [1.807, 2.05) is 13.2 Å². The van der Waals surface area contributed by atoms with Crippen LogP contribution in [0, 0.1) is 5.92 Å². The maximum absolute atomic E-state index is 12.3. The molecule has 1 saturated carbocycles. The molecule has 1 aliphatic carbocycles. The molecule has 1 amide bonds. The molecule has 1 aromatic heterocycles. The number of carbonyl (C=O) groups excluding carboxylic acids is 1. The van der Waals surface area contributed by atoms with Gasteiger partial charge >= 0.3 is 0 Å². The Morgan fingerprint density at radius 1 is 1.53 bits per heavy atom. The summed E-state index contributed by atoms with van der Waals surface area (Å²) in [5.41, 5.74) is 0.909. The SMILES string of the molecule is CNC(C(=O)NC1CCCC(C)C1)c1cnn(C)c1. The van der Waals surface area contributed by atoms with E-state index in [1.165, 1.54) is 12.8 Å². The Balaban J connectivity index is 1.97. The van der Waals surface area contributed by atoms with Gasteiger partial charge in [0.25, 0.3) is 0 Å². The van der Waals surface area contributed by atoms with Crippen molar-refractivity contribution in [3.05, 3.63) is 18.0 Å². The second-order valence-electron chi connectivity index (χ2n) is 5.65. The summed E-state index contributed by atoms with van der Waals surface area (Å²) < 4.78 is 1.72. The third kappa shape index (κ3) is 3.56. The lowest BCUT2D eigenvalue weighted by Gasteiger charge is -2.28. The van der Waals surface area contributed by atoms with Gasteiger partial charge in [-0.1, -0.05) is 19.8 Å². The summed E-state index contributed by atoms with van der Waals surface area (Å²) in [5.74, 6) is 0.764. The highest BCUT2D eigenvalue weighted by atomic mass is 16.2.